The Kier molecular flexibility index (Phi) is 2.87. The minimum Gasteiger partial charge on any atom is -0.390 e. The van der Waals surface area contributed by atoms with Crippen molar-refractivity contribution in [3.8, 4) is 0 Å². The van der Waals surface area contributed by atoms with Gasteiger partial charge in [0.05, 0.1) is 5.60 Å². The van der Waals surface area contributed by atoms with Crippen molar-refractivity contribution < 1.29 is 5.11 Å². The molecule has 1 saturated carbocycles. The zero-order valence-electron chi connectivity index (χ0n) is 6.92. The Morgan fingerprint density at radius 3 is 2.36 bits per heavy atom. The summed E-state index contributed by atoms with van der Waals surface area (Å²) in [6.45, 7) is 0.575. The largest absolute Gasteiger partial charge is 0.390 e. The fourth-order valence-corrected chi connectivity index (χ4v) is 1.70. The molecule has 0 heterocycles. The summed E-state index contributed by atoms with van der Waals surface area (Å²) in [6, 6.07) is 0.299. The zero-order valence-corrected chi connectivity index (χ0v) is 6.92. The quantitative estimate of drug-likeness (QED) is 0.528. The summed E-state index contributed by atoms with van der Waals surface area (Å²) in [5.74, 6) is 0. The van der Waals surface area contributed by atoms with Crippen LogP contribution in [0.4, 0.5) is 0 Å². The van der Waals surface area contributed by atoms with E-state index in [0.717, 1.165) is 32.1 Å². The molecule has 11 heavy (non-hydrogen) atoms. The van der Waals surface area contributed by atoms with E-state index in [2.05, 4.69) is 0 Å². The smallest absolute Gasteiger partial charge is 0.0661 e. The molecule has 0 aromatic heterocycles. The first-order chi connectivity index (χ1) is 5.16. The van der Waals surface area contributed by atoms with E-state index in [0.29, 0.717) is 12.6 Å². The van der Waals surface area contributed by atoms with E-state index in [-0.39, 0.29) is 0 Å². The van der Waals surface area contributed by atoms with Crippen LogP contribution in [0.15, 0.2) is 0 Å². The molecule has 1 aliphatic carbocycles. The Hall–Kier alpha value is -0.120. The van der Waals surface area contributed by atoms with Gasteiger partial charge in [-0.15, -0.1) is 0 Å². The van der Waals surface area contributed by atoms with Crippen molar-refractivity contribution in [2.75, 3.05) is 6.54 Å². The van der Waals surface area contributed by atoms with E-state index < -0.39 is 5.60 Å². The highest BCUT2D eigenvalue weighted by Crippen LogP contribution is 2.29. The van der Waals surface area contributed by atoms with Crippen molar-refractivity contribution in [1.29, 1.82) is 0 Å². The van der Waals surface area contributed by atoms with Crippen LogP contribution in [0.5, 0.6) is 0 Å². The van der Waals surface area contributed by atoms with Gasteiger partial charge in [0.1, 0.15) is 0 Å². The van der Waals surface area contributed by atoms with E-state index in [4.69, 9.17) is 11.5 Å². The molecule has 1 fully saturated rings. The number of nitrogens with two attached hydrogens (primary N) is 2. The van der Waals surface area contributed by atoms with Gasteiger partial charge in [-0.25, -0.2) is 0 Å². The molecule has 0 bridgehead atoms. The topological polar surface area (TPSA) is 72.3 Å². The number of rotatable bonds is 2. The molecule has 0 atom stereocenters. The average molecular weight is 158 g/mol. The van der Waals surface area contributed by atoms with Gasteiger partial charge in [0.15, 0.2) is 0 Å². The summed E-state index contributed by atoms with van der Waals surface area (Å²) in [4.78, 5) is 0. The van der Waals surface area contributed by atoms with Crippen LogP contribution in [0.3, 0.4) is 0 Å². The maximum absolute atomic E-state index is 9.85. The van der Waals surface area contributed by atoms with Gasteiger partial charge in [-0.05, 0) is 38.6 Å². The fourth-order valence-electron chi connectivity index (χ4n) is 1.70. The van der Waals surface area contributed by atoms with Gasteiger partial charge in [0.2, 0.25) is 0 Å². The highest BCUT2D eigenvalue weighted by atomic mass is 16.3. The van der Waals surface area contributed by atoms with Gasteiger partial charge in [-0.2, -0.15) is 0 Å². The summed E-state index contributed by atoms with van der Waals surface area (Å²) in [6.07, 6.45) is 4.25. The second-order valence-electron chi connectivity index (χ2n) is 3.60. The van der Waals surface area contributed by atoms with Crippen LogP contribution in [0.25, 0.3) is 0 Å². The third-order valence-electron chi connectivity index (χ3n) is 2.57. The third kappa shape index (κ3) is 2.43. The first kappa shape index (κ1) is 8.97. The molecule has 5 N–H and O–H groups in total. The van der Waals surface area contributed by atoms with Crippen LogP contribution in [0.1, 0.15) is 32.1 Å². The molecule has 0 unspecified atom stereocenters. The van der Waals surface area contributed by atoms with Crippen LogP contribution in [0.2, 0.25) is 0 Å². The van der Waals surface area contributed by atoms with Crippen molar-refractivity contribution in [3.63, 3.8) is 0 Å². The van der Waals surface area contributed by atoms with Gasteiger partial charge in [0.25, 0.3) is 0 Å². The third-order valence-corrected chi connectivity index (χ3v) is 2.57. The van der Waals surface area contributed by atoms with E-state index in [9.17, 15) is 5.11 Å². The molecule has 66 valence electrons. The Balaban J connectivity index is 2.35. The number of hydrogen-bond acceptors (Lipinski definition) is 3. The van der Waals surface area contributed by atoms with Crippen LogP contribution in [0, 0.1) is 0 Å². The van der Waals surface area contributed by atoms with Crippen molar-refractivity contribution in [3.05, 3.63) is 0 Å². The first-order valence-corrected chi connectivity index (χ1v) is 4.34. The van der Waals surface area contributed by atoms with Crippen molar-refractivity contribution in [2.45, 2.75) is 43.7 Å². The highest BCUT2D eigenvalue weighted by molar-refractivity contribution is 4.86. The van der Waals surface area contributed by atoms with E-state index in [1.54, 1.807) is 0 Å². The molecule has 1 rings (SSSR count). The molecule has 0 amide bonds. The standard InChI is InChI=1S/C8H18N2O/c9-6-5-8(11)3-1-7(10)2-4-8/h7,11H,1-6,9-10H2/t7-,8-. The maximum Gasteiger partial charge on any atom is 0.0661 e. The lowest BCUT2D eigenvalue weighted by atomic mass is 9.80. The fraction of sp³-hybridized carbons (Fsp3) is 1.00. The normalized spacial score (nSPS) is 39.0. The highest BCUT2D eigenvalue weighted by Gasteiger charge is 2.30. The molecule has 0 spiro atoms. The van der Waals surface area contributed by atoms with Crippen molar-refractivity contribution >= 4 is 0 Å². The summed E-state index contributed by atoms with van der Waals surface area (Å²) in [7, 11) is 0. The van der Waals surface area contributed by atoms with Crippen LogP contribution in [-0.2, 0) is 0 Å². The molecule has 0 aromatic carbocycles. The van der Waals surface area contributed by atoms with Crippen LogP contribution >= 0.6 is 0 Å². The minimum absolute atomic E-state index is 0.299. The van der Waals surface area contributed by atoms with Gasteiger partial charge >= 0.3 is 0 Å². The van der Waals surface area contributed by atoms with Crippen LogP contribution in [-0.4, -0.2) is 23.3 Å². The molecule has 1 aliphatic rings. The molecule has 3 heteroatoms. The minimum atomic E-state index is -0.495. The molecular formula is C8H18N2O. The molecule has 0 radical (unpaired) electrons. The molecule has 0 saturated heterocycles. The maximum atomic E-state index is 9.85. The Bertz CT molecular complexity index is 119. The zero-order chi connectivity index (χ0) is 8.32. The number of hydrogen-bond donors (Lipinski definition) is 3. The average Bonchev–Trinajstić information content (AvgIpc) is 1.97. The second kappa shape index (κ2) is 3.52. The Morgan fingerprint density at radius 1 is 1.36 bits per heavy atom. The van der Waals surface area contributed by atoms with Gasteiger partial charge < -0.3 is 16.6 Å². The van der Waals surface area contributed by atoms with Gasteiger partial charge in [-0.1, -0.05) is 0 Å². The SMILES string of the molecule is NCC[C@]1(O)CC[C@H](N)CC1. The lowest BCUT2D eigenvalue weighted by Gasteiger charge is -2.34. The predicted octanol–water partition coefficient (Wildman–Crippen LogP) is -0.0324. The lowest BCUT2D eigenvalue weighted by Crippen LogP contribution is -2.40. The molecule has 0 aromatic rings. The summed E-state index contributed by atoms with van der Waals surface area (Å²) >= 11 is 0. The molecule has 3 nitrogen and oxygen atoms in total. The Morgan fingerprint density at radius 2 is 1.91 bits per heavy atom. The summed E-state index contributed by atoms with van der Waals surface area (Å²) in [5, 5.41) is 9.85. The molecule has 0 aliphatic heterocycles. The van der Waals surface area contributed by atoms with Crippen molar-refractivity contribution in [1.82, 2.24) is 0 Å². The Labute approximate surface area is 67.8 Å². The lowest BCUT2D eigenvalue weighted by molar-refractivity contribution is -0.00555. The van der Waals surface area contributed by atoms with E-state index in [1.165, 1.54) is 0 Å². The van der Waals surface area contributed by atoms with Crippen LogP contribution < -0.4 is 11.5 Å². The molecular weight excluding hydrogens is 140 g/mol. The predicted molar refractivity (Wildman–Crippen MR) is 45.1 cm³/mol. The van der Waals surface area contributed by atoms with Gasteiger partial charge in [-0.3, -0.25) is 0 Å². The number of aliphatic hydroxyl groups is 1. The summed E-state index contributed by atoms with van der Waals surface area (Å²) in [5.41, 5.74) is 10.6. The summed E-state index contributed by atoms with van der Waals surface area (Å²) < 4.78 is 0. The monoisotopic (exact) mass is 158 g/mol. The van der Waals surface area contributed by atoms with Crippen molar-refractivity contribution in [2.24, 2.45) is 11.5 Å². The second-order valence-corrected chi connectivity index (χ2v) is 3.60. The first-order valence-electron chi connectivity index (χ1n) is 4.34. The van der Waals surface area contributed by atoms with E-state index in [1.807, 2.05) is 0 Å². The van der Waals surface area contributed by atoms with E-state index >= 15 is 0 Å². The van der Waals surface area contributed by atoms with Gasteiger partial charge in [0, 0.05) is 6.04 Å².